The third-order valence-electron chi connectivity index (χ3n) is 14.1. The molecule has 2 saturated carbocycles. The molecule has 10 rings (SSSR count). The van der Waals surface area contributed by atoms with Crippen LogP contribution in [0.2, 0.25) is 0 Å². The summed E-state index contributed by atoms with van der Waals surface area (Å²) in [6.45, 7) is 12.2. The first-order chi connectivity index (χ1) is 27.7. The highest BCUT2D eigenvalue weighted by atomic mass is 16.2. The van der Waals surface area contributed by atoms with Crippen molar-refractivity contribution in [1.29, 1.82) is 0 Å². The van der Waals surface area contributed by atoms with Crippen LogP contribution < -0.4 is 9.80 Å². The zero-order chi connectivity index (χ0) is 39.3. The minimum absolute atomic E-state index is 0.0401. The van der Waals surface area contributed by atoms with Gasteiger partial charge in [-0.2, -0.15) is 0 Å². The van der Waals surface area contributed by atoms with E-state index in [-0.39, 0.29) is 71.0 Å². The molecule has 0 spiro atoms. The molecule has 8 unspecified atom stereocenters. The summed E-state index contributed by atoms with van der Waals surface area (Å²) < 4.78 is 0. The van der Waals surface area contributed by atoms with Crippen LogP contribution in [0.3, 0.4) is 0 Å². The molecule has 4 aromatic carbocycles. The number of carbonyl (C=O) groups excluding carboxylic acids is 4. The molecule has 2 aliphatic heterocycles. The van der Waals surface area contributed by atoms with Gasteiger partial charge in [-0.1, -0.05) is 99.8 Å². The van der Waals surface area contributed by atoms with E-state index < -0.39 is 0 Å². The molecule has 0 radical (unpaired) electrons. The average Bonchev–Trinajstić information content (AvgIpc) is 4.10. The minimum Gasteiger partial charge on any atom is -0.274 e. The summed E-state index contributed by atoms with van der Waals surface area (Å²) in [6.07, 6.45) is 12.4. The Labute approximate surface area is 334 Å². The molecule has 6 nitrogen and oxygen atoms in total. The molecule has 4 fully saturated rings. The highest BCUT2D eigenvalue weighted by Crippen LogP contribution is 2.60. The number of hydrogen-bond acceptors (Lipinski definition) is 4. The number of fused-ring (bicyclic) bond motifs is 10. The Morgan fingerprint density at radius 1 is 0.544 bits per heavy atom. The van der Waals surface area contributed by atoms with Gasteiger partial charge < -0.3 is 0 Å². The molecule has 4 aromatic rings. The molecular formula is C51H46N2O4. The fourth-order valence-electron chi connectivity index (χ4n) is 11.5. The number of benzene rings is 4. The third-order valence-corrected chi connectivity index (χ3v) is 14.1. The van der Waals surface area contributed by atoms with Gasteiger partial charge in [-0.15, -0.1) is 0 Å². The maximum atomic E-state index is 14.0. The summed E-state index contributed by atoms with van der Waals surface area (Å²) in [6, 6.07) is 28.3. The van der Waals surface area contributed by atoms with Crippen LogP contribution in [-0.4, -0.2) is 23.6 Å². The number of imide groups is 2. The van der Waals surface area contributed by atoms with E-state index in [9.17, 15) is 19.2 Å². The Morgan fingerprint density at radius 2 is 0.930 bits per heavy atom. The van der Waals surface area contributed by atoms with Gasteiger partial charge in [0.25, 0.3) is 0 Å². The lowest BCUT2D eigenvalue weighted by Crippen LogP contribution is -2.33. The zero-order valence-electron chi connectivity index (χ0n) is 32.5. The van der Waals surface area contributed by atoms with E-state index in [1.54, 1.807) is 0 Å². The van der Waals surface area contributed by atoms with Crippen LogP contribution in [0.15, 0.2) is 110 Å². The second-order valence-corrected chi connectivity index (χ2v) is 16.8. The van der Waals surface area contributed by atoms with Gasteiger partial charge in [0.2, 0.25) is 23.6 Å². The normalized spacial score (nSPS) is 28.0. The van der Waals surface area contributed by atoms with Crippen LogP contribution in [-0.2, 0) is 38.4 Å². The van der Waals surface area contributed by atoms with Crippen LogP contribution in [0, 0.1) is 47.3 Å². The van der Waals surface area contributed by atoms with Crippen molar-refractivity contribution < 1.29 is 19.2 Å². The first-order valence-electron chi connectivity index (χ1n) is 20.6. The number of amides is 4. The van der Waals surface area contributed by atoms with Gasteiger partial charge in [-0.3, -0.25) is 29.0 Å². The molecule has 6 aliphatic rings. The van der Waals surface area contributed by atoms with Gasteiger partial charge in [0.1, 0.15) is 0 Å². The molecule has 0 N–H and O–H groups in total. The smallest absolute Gasteiger partial charge is 0.238 e. The van der Waals surface area contributed by atoms with Gasteiger partial charge in [0, 0.05) is 0 Å². The number of hydrogen-bond donors (Lipinski definition) is 0. The molecular weight excluding hydrogens is 705 g/mol. The van der Waals surface area contributed by atoms with E-state index in [0.29, 0.717) is 17.8 Å². The molecule has 2 saturated heterocycles. The Hall–Kier alpha value is -5.88. The van der Waals surface area contributed by atoms with Crippen LogP contribution in [0.1, 0.15) is 71.2 Å². The first-order valence-corrected chi connectivity index (χ1v) is 20.6. The maximum absolute atomic E-state index is 14.0. The third kappa shape index (κ3) is 5.29. The Morgan fingerprint density at radius 3 is 1.30 bits per heavy atom. The van der Waals surface area contributed by atoms with Crippen molar-refractivity contribution in [2.75, 3.05) is 9.80 Å². The van der Waals surface area contributed by atoms with E-state index in [4.69, 9.17) is 0 Å². The van der Waals surface area contributed by atoms with E-state index in [2.05, 4.69) is 75.6 Å². The summed E-state index contributed by atoms with van der Waals surface area (Å²) in [5.74, 6) is -1.41. The number of aryl methyl sites for hydroxylation is 2. The molecule has 6 heteroatoms. The maximum Gasteiger partial charge on any atom is 0.238 e. The van der Waals surface area contributed by atoms with Gasteiger partial charge in [-0.05, 0) is 148 Å². The van der Waals surface area contributed by atoms with Crippen LogP contribution in [0.4, 0.5) is 11.4 Å². The van der Waals surface area contributed by atoms with E-state index in [0.717, 1.165) is 47.9 Å². The molecule has 4 aliphatic carbocycles. The Balaban J connectivity index is 0.820. The van der Waals surface area contributed by atoms with Crippen LogP contribution in [0.25, 0.3) is 23.3 Å². The highest BCUT2D eigenvalue weighted by Gasteiger charge is 2.63. The van der Waals surface area contributed by atoms with Crippen molar-refractivity contribution in [3.8, 4) is 0 Å². The van der Waals surface area contributed by atoms with E-state index in [1.165, 1.54) is 43.2 Å². The van der Waals surface area contributed by atoms with E-state index >= 15 is 0 Å². The number of allylic oxidation sites excluding steroid dienone is 4. The van der Waals surface area contributed by atoms with Gasteiger partial charge in [0.15, 0.2) is 0 Å². The van der Waals surface area contributed by atoms with E-state index in [1.807, 2.05) is 60.7 Å². The highest BCUT2D eigenvalue weighted by molar-refractivity contribution is 6.24. The zero-order valence-corrected chi connectivity index (χ0v) is 32.5. The number of nitrogens with zero attached hydrogens (tertiary/aromatic N) is 2. The van der Waals surface area contributed by atoms with Crippen molar-refractivity contribution in [2.45, 2.75) is 46.0 Å². The van der Waals surface area contributed by atoms with Crippen molar-refractivity contribution in [3.05, 3.63) is 155 Å². The van der Waals surface area contributed by atoms with Crippen LogP contribution in [0.5, 0.6) is 0 Å². The summed E-state index contributed by atoms with van der Waals surface area (Å²) in [5, 5.41) is 0. The molecule has 2 heterocycles. The number of anilines is 2. The Kier molecular flexibility index (Phi) is 8.33. The largest absolute Gasteiger partial charge is 0.274 e. The predicted octanol–water partition coefficient (Wildman–Crippen LogP) is 9.37. The molecule has 57 heavy (non-hydrogen) atoms. The molecule has 4 amide bonds. The second-order valence-electron chi connectivity index (χ2n) is 16.8. The minimum atomic E-state index is -0.330. The number of carbonyl (C=O) groups is 4. The standard InChI is InChI=1S/C51H46N2O4/c1-5-28-9-15-32(7-3)38(22-28)40-24-34-26-42(40)46-44(34)48(54)52(50(46)56)36-17-11-30(12-18-36)21-31-13-19-37(20-14-31)53-49(55)45-35-25-41(43(27-35)47(45)51(53)57)39-23-29(6-2)10-16-33(39)8-4/h5-6,9-20,22-25,34-35,42-47H,1-2,7-8,21,26-27H2,3-4H3. The average molecular weight is 751 g/mol. The summed E-state index contributed by atoms with van der Waals surface area (Å²) >= 11 is 0. The lowest BCUT2D eigenvalue weighted by atomic mass is 9.77. The molecule has 8 atom stereocenters. The molecule has 4 bridgehead atoms. The monoisotopic (exact) mass is 750 g/mol. The lowest BCUT2D eigenvalue weighted by Gasteiger charge is -2.24. The fourth-order valence-corrected chi connectivity index (χ4v) is 11.5. The van der Waals surface area contributed by atoms with Crippen molar-refractivity contribution in [3.63, 3.8) is 0 Å². The molecule has 0 aromatic heterocycles. The number of rotatable bonds is 10. The van der Waals surface area contributed by atoms with Crippen LogP contribution >= 0.6 is 0 Å². The summed E-state index contributed by atoms with van der Waals surface area (Å²) in [4.78, 5) is 58.6. The lowest BCUT2D eigenvalue weighted by molar-refractivity contribution is -0.124. The topological polar surface area (TPSA) is 74.8 Å². The molecule has 284 valence electrons. The van der Waals surface area contributed by atoms with Gasteiger partial charge >= 0.3 is 0 Å². The van der Waals surface area contributed by atoms with Gasteiger partial charge in [-0.25, -0.2) is 0 Å². The Bertz CT molecular complexity index is 2320. The fraction of sp³-hybridized carbons (Fsp3) is 0.294. The predicted molar refractivity (Wildman–Crippen MR) is 226 cm³/mol. The van der Waals surface area contributed by atoms with Crippen molar-refractivity contribution in [2.24, 2.45) is 47.3 Å². The van der Waals surface area contributed by atoms with Crippen molar-refractivity contribution >= 4 is 58.3 Å². The summed E-state index contributed by atoms with van der Waals surface area (Å²) in [7, 11) is 0. The second kappa shape index (κ2) is 13.4. The summed E-state index contributed by atoms with van der Waals surface area (Å²) in [5.41, 5.74) is 12.7. The van der Waals surface area contributed by atoms with Crippen molar-refractivity contribution in [1.82, 2.24) is 0 Å². The SMILES string of the molecule is C=Cc1ccc(CC)c(C2=CC3CC2C2C(=O)N(c4ccc(Cc5ccc(N6C(=O)C7C8C=C(c9cc(C=C)ccc9CC)C(C8)C7C6=O)cc5)cc4)C(=O)C32)c1. The first kappa shape index (κ1) is 35.5. The van der Waals surface area contributed by atoms with Gasteiger partial charge in [0.05, 0.1) is 35.0 Å². The quantitative estimate of drug-likeness (QED) is 0.152.